The summed E-state index contributed by atoms with van der Waals surface area (Å²) in [7, 11) is 1.56. The molecule has 1 aromatic rings. The van der Waals surface area contributed by atoms with Crippen LogP contribution in [0.15, 0.2) is 35.7 Å². The molecule has 0 heterocycles. The van der Waals surface area contributed by atoms with E-state index in [2.05, 4.69) is 0 Å². The van der Waals surface area contributed by atoms with Gasteiger partial charge in [0, 0.05) is 0 Å². The van der Waals surface area contributed by atoms with Crippen LogP contribution >= 0.6 is 0 Å². The third kappa shape index (κ3) is 3.08. The molecule has 0 spiro atoms. The third-order valence-corrected chi connectivity index (χ3v) is 2.19. The first-order chi connectivity index (χ1) is 7.54. The van der Waals surface area contributed by atoms with E-state index in [0.29, 0.717) is 5.75 Å². The molecule has 0 unspecified atom stereocenters. The summed E-state index contributed by atoms with van der Waals surface area (Å²) in [4.78, 5) is 10.4. The largest absolute Gasteiger partial charge is 0.497 e. The molecular weight excluding hydrogens is 211 g/mol. The number of rotatable bonds is 4. The van der Waals surface area contributed by atoms with E-state index in [9.17, 15) is 9.18 Å². The summed E-state index contributed by atoms with van der Waals surface area (Å²) in [5.74, 6) is -1.90. The van der Waals surface area contributed by atoms with Gasteiger partial charge in [-0.2, -0.15) is 4.39 Å². The van der Waals surface area contributed by atoms with Gasteiger partial charge in [-0.15, -0.1) is 0 Å². The van der Waals surface area contributed by atoms with E-state index in [1.54, 1.807) is 31.4 Å². The molecule has 0 aliphatic rings. The first-order valence-electron chi connectivity index (χ1n) is 4.76. The summed E-state index contributed by atoms with van der Waals surface area (Å²) < 4.78 is 18.0. The van der Waals surface area contributed by atoms with Crippen molar-refractivity contribution < 1.29 is 19.0 Å². The number of methoxy groups -OCH3 is 1. The number of allylic oxidation sites excluding steroid dienone is 1. The number of carboxylic acids is 1. The van der Waals surface area contributed by atoms with Crippen molar-refractivity contribution in [2.75, 3.05) is 7.11 Å². The van der Waals surface area contributed by atoms with Crippen LogP contribution in [0.4, 0.5) is 4.39 Å². The maximum Gasteiger partial charge on any atom is 0.364 e. The van der Waals surface area contributed by atoms with Crippen LogP contribution in [0.1, 0.15) is 12.5 Å². The average Bonchev–Trinajstić information content (AvgIpc) is 2.28. The number of halogens is 1. The Balaban J connectivity index is 2.81. The lowest BCUT2D eigenvalue weighted by atomic mass is 10.1. The van der Waals surface area contributed by atoms with Crippen molar-refractivity contribution in [2.24, 2.45) is 0 Å². The van der Waals surface area contributed by atoms with Crippen LogP contribution < -0.4 is 4.74 Å². The topological polar surface area (TPSA) is 46.5 Å². The summed E-state index contributed by atoms with van der Waals surface area (Å²) in [6.07, 6.45) is 0.280. The highest BCUT2D eigenvalue weighted by Crippen LogP contribution is 2.16. The molecule has 1 aromatic carbocycles. The van der Waals surface area contributed by atoms with Crippen LogP contribution in [0.5, 0.6) is 5.75 Å². The summed E-state index contributed by atoms with van der Waals surface area (Å²) in [5, 5.41) is 8.46. The SMILES string of the molecule is COc1ccc(CC(C)=C(F)C(=O)O)cc1. The minimum absolute atomic E-state index is 0.206. The Morgan fingerprint density at radius 1 is 1.38 bits per heavy atom. The fourth-order valence-electron chi connectivity index (χ4n) is 1.31. The van der Waals surface area contributed by atoms with Crippen LogP contribution in [0.2, 0.25) is 0 Å². The van der Waals surface area contributed by atoms with Crippen molar-refractivity contribution in [3.8, 4) is 5.75 Å². The number of carboxylic acid groups (broad SMARTS) is 1. The van der Waals surface area contributed by atoms with Crippen LogP contribution in [0.3, 0.4) is 0 Å². The Morgan fingerprint density at radius 3 is 2.38 bits per heavy atom. The standard InChI is InChI=1S/C12H13FO3/c1-8(11(13)12(14)15)7-9-3-5-10(16-2)6-4-9/h3-6H,7H2,1-2H3,(H,14,15). The quantitative estimate of drug-likeness (QED) is 0.799. The maximum absolute atomic E-state index is 13.0. The second-order valence-corrected chi connectivity index (χ2v) is 3.42. The molecule has 0 fully saturated rings. The Morgan fingerprint density at radius 2 is 1.94 bits per heavy atom. The van der Waals surface area contributed by atoms with Crippen molar-refractivity contribution in [3.05, 3.63) is 41.2 Å². The zero-order valence-electron chi connectivity index (χ0n) is 9.16. The molecule has 0 bridgehead atoms. The zero-order valence-corrected chi connectivity index (χ0v) is 9.16. The van der Waals surface area contributed by atoms with E-state index in [0.717, 1.165) is 5.56 Å². The Bertz CT molecular complexity index is 407. The van der Waals surface area contributed by atoms with Crippen LogP contribution in [0, 0.1) is 0 Å². The molecule has 16 heavy (non-hydrogen) atoms. The van der Waals surface area contributed by atoms with Crippen molar-refractivity contribution in [1.29, 1.82) is 0 Å². The Labute approximate surface area is 93.2 Å². The number of benzene rings is 1. The van der Waals surface area contributed by atoms with Gasteiger partial charge < -0.3 is 9.84 Å². The number of carbonyl (C=O) groups is 1. The molecule has 86 valence electrons. The minimum atomic E-state index is -1.52. The zero-order chi connectivity index (χ0) is 12.1. The molecule has 0 radical (unpaired) electrons. The van der Waals surface area contributed by atoms with E-state index in [1.165, 1.54) is 6.92 Å². The van der Waals surface area contributed by atoms with Gasteiger partial charge in [0.15, 0.2) is 0 Å². The van der Waals surface area contributed by atoms with Crippen LogP contribution in [0.25, 0.3) is 0 Å². The molecule has 1 N–H and O–H groups in total. The normalized spacial score (nSPS) is 11.9. The maximum atomic E-state index is 13.0. The molecule has 0 aliphatic carbocycles. The second kappa shape index (κ2) is 5.30. The molecule has 0 saturated carbocycles. The van der Waals surface area contributed by atoms with Crippen LogP contribution in [-0.2, 0) is 11.2 Å². The van der Waals surface area contributed by atoms with Crippen LogP contribution in [-0.4, -0.2) is 18.2 Å². The first-order valence-corrected chi connectivity index (χ1v) is 4.76. The van der Waals surface area contributed by atoms with E-state index in [-0.39, 0.29) is 12.0 Å². The second-order valence-electron chi connectivity index (χ2n) is 3.42. The van der Waals surface area contributed by atoms with Crippen molar-refractivity contribution in [1.82, 2.24) is 0 Å². The third-order valence-electron chi connectivity index (χ3n) is 2.19. The highest BCUT2D eigenvalue weighted by molar-refractivity contribution is 5.84. The smallest absolute Gasteiger partial charge is 0.364 e. The number of hydrogen-bond donors (Lipinski definition) is 1. The minimum Gasteiger partial charge on any atom is -0.497 e. The molecule has 4 heteroatoms. The van der Waals surface area contributed by atoms with Gasteiger partial charge in [0.1, 0.15) is 5.75 Å². The van der Waals surface area contributed by atoms with Crippen molar-refractivity contribution >= 4 is 5.97 Å². The van der Waals surface area contributed by atoms with Gasteiger partial charge in [0.2, 0.25) is 5.83 Å². The van der Waals surface area contributed by atoms with Gasteiger partial charge in [-0.1, -0.05) is 12.1 Å². The van der Waals surface area contributed by atoms with E-state index >= 15 is 0 Å². The predicted octanol–water partition coefficient (Wildman–Crippen LogP) is 2.57. The molecule has 0 aliphatic heterocycles. The molecule has 0 atom stereocenters. The monoisotopic (exact) mass is 224 g/mol. The lowest BCUT2D eigenvalue weighted by Gasteiger charge is -2.04. The molecule has 0 aromatic heterocycles. The van der Waals surface area contributed by atoms with E-state index in [4.69, 9.17) is 9.84 Å². The molecule has 1 rings (SSSR count). The molecule has 0 saturated heterocycles. The summed E-state index contributed by atoms with van der Waals surface area (Å²) >= 11 is 0. The lowest BCUT2D eigenvalue weighted by molar-refractivity contribution is -0.134. The number of ether oxygens (including phenoxy) is 1. The van der Waals surface area contributed by atoms with E-state index < -0.39 is 11.8 Å². The van der Waals surface area contributed by atoms with E-state index in [1.807, 2.05) is 0 Å². The first kappa shape index (κ1) is 12.2. The Kier molecular flexibility index (Phi) is 4.05. The fraction of sp³-hybridized carbons (Fsp3) is 0.250. The fourth-order valence-corrected chi connectivity index (χ4v) is 1.31. The predicted molar refractivity (Wildman–Crippen MR) is 58.1 cm³/mol. The van der Waals surface area contributed by atoms with Gasteiger partial charge in [0.05, 0.1) is 7.11 Å². The summed E-state index contributed by atoms with van der Waals surface area (Å²) in [6, 6.07) is 7.05. The summed E-state index contributed by atoms with van der Waals surface area (Å²) in [5.41, 5.74) is 1.05. The lowest BCUT2D eigenvalue weighted by Crippen LogP contribution is -2.00. The molecule has 3 nitrogen and oxygen atoms in total. The number of aliphatic carboxylic acids is 1. The van der Waals surface area contributed by atoms with Crippen molar-refractivity contribution in [2.45, 2.75) is 13.3 Å². The molecule has 0 amide bonds. The van der Waals surface area contributed by atoms with Gasteiger partial charge in [-0.25, -0.2) is 4.79 Å². The number of hydrogen-bond acceptors (Lipinski definition) is 2. The highest BCUT2D eigenvalue weighted by atomic mass is 19.1. The van der Waals surface area contributed by atoms with Gasteiger partial charge >= 0.3 is 5.97 Å². The average molecular weight is 224 g/mol. The van der Waals surface area contributed by atoms with Gasteiger partial charge in [0.25, 0.3) is 0 Å². The Hall–Kier alpha value is -1.84. The van der Waals surface area contributed by atoms with Gasteiger partial charge in [-0.3, -0.25) is 0 Å². The summed E-state index contributed by atoms with van der Waals surface area (Å²) in [6.45, 7) is 1.47. The highest BCUT2D eigenvalue weighted by Gasteiger charge is 2.10. The van der Waals surface area contributed by atoms with Crippen molar-refractivity contribution in [3.63, 3.8) is 0 Å². The molecular formula is C12H13FO3. The van der Waals surface area contributed by atoms with Gasteiger partial charge in [-0.05, 0) is 36.6 Å².